The standard InChI is InChI=1S/C17H23N3O2/c1-3-15(11-20-16(21)12(2)18-17(20)22)19-9-8-13-6-4-5-7-14(13)10-19/h4-7,12,15H,3,8-11H2,1-2H3,(H,18,22)/t12-,15+/m0/s1. The Hall–Kier alpha value is -1.88. The van der Waals surface area contributed by atoms with Crippen molar-refractivity contribution in [1.29, 1.82) is 0 Å². The van der Waals surface area contributed by atoms with E-state index in [-0.39, 0.29) is 18.0 Å². The summed E-state index contributed by atoms with van der Waals surface area (Å²) in [6.07, 6.45) is 1.96. The predicted molar refractivity (Wildman–Crippen MR) is 84.3 cm³/mol. The molecule has 2 heterocycles. The molecule has 2 aliphatic rings. The van der Waals surface area contributed by atoms with Crippen LogP contribution in [0, 0.1) is 0 Å². The van der Waals surface area contributed by atoms with Gasteiger partial charge < -0.3 is 5.32 Å². The van der Waals surface area contributed by atoms with Crippen LogP contribution >= 0.6 is 0 Å². The second-order valence-electron chi connectivity index (χ2n) is 6.17. The fraction of sp³-hybridized carbons (Fsp3) is 0.529. The highest BCUT2D eigenvalue weighted by atomic mass is 16.2. The summed E-state index contributed by atoms with van der Waals surface area (Å²) in [5.74, 6) is -0.110. The van der Waals surface area contributed by atoms with Gasteiger partial charge in [-0.1, -0.05) is 31.2 Å². The molecule has 3 rings (SSSR count). The smallest absolute Gasteiger partial charge is 0.324 e. The number of hydrogen-bond donors (Lipinski definition) is 1. The molecule has 0 radical (unpaired) electrons. The van der Waals surface area contributed by atoms with Gasteiger partial charge in [0.05, 0.1) is 0 Å². The van der Waals surface area contributed by atoms with E-state index < -0.39 is 6.04 Å². The molecule has 2 atom stereocenters. The Bertz CT molecular complexity index is 587. The zero-order chi connectivity index (χ0) is 15.7. The Morgan fingerprint density at radius 3 is 2.64 bits per heavy atom. The Labute approximate surface area is 131 Å². The van der Waals surface area contributed by atoms with Crippen LogP contribution in [0.5, 0.6) is 0 Å². The lowest BCUT2D eigenvalue weighted by molar-refractivity contribution is -0.127. The van der Waals surface area contributed by atoms with E-state index in [4.69, 9.17) is 0 Å². The van der Waals surface area contributed by atoms with E-state index in [2.05, 4.69) is 41.4 Å². The van der Waals surface area contributed by atoms with Crippen LogP contribution in [0.3, 0.4) is 0 Å². The first-order chi connectivity index (χ1) is 10.6. The molecule has 0 unspecified atom stereocenters. The van der Waals surface area contributed by atoms with Crippen LogP contribution in [0.25, 0.3) is 0 Å². The van der Waals surface area contributed by atoms with E-state index in [0.29, 0.717) is 6.54 Å². The zero-order valence-electron chi connectivity index (χ0n) is 13.2. The summed E-state index contributed by atoms with van der Waals surface area (Å²) >= 11 is 0. The number of benzene rings is 1. The van der Waals surface area contributed by atoms with Crippen molar-refractivity contribution in [1.82, 2.24) is 15.1 Å². The number of rotatable bonds is 4. The Balaban J connectivity index is 1.70. The van der Waals surface area contributed by atoms with E-state index in [1.165, 1.54) is 16.0 Å². The van der Waals surface area contributed by atoms with Crippen LogP contribution in [0.1, 0.15) is 31.4 Å². The van der Waals surface area contributed by atoms with Crippen LogP contribution in [0.4, 0.5) is 4.79 Å². The van der Waals surface area contributed by atoms with Gasteiger partial charge in [-0.2, -0.15) is 0 Å². The van der Waals surface area contributed by atoms with Gasteiger partial charge in [-0.25, -0.2) is 4.79 Å². The fourth-order valence-electron chi connectivity index (χ4n) is 3.37. The number of hydrogen-bond acceptors (Lipinski definition) is 3. The molecule has 1 aromatic carbocycles. The molecule has 5 nitrogen and oxygen atoms in total. The van der Waals surface area contributed by atoms with Crippen molar-refractivity contribution < 1.29 is 9.59 Å². The van der Waals surface area contributed by atoms with Crippen molar-refractivity contribution in [3.63, 3.8) is 0 Å². The molecule has 1 fully saturated rings. The zero-order valence-corrected chi connectivity index (χ0v) is 13.2. The highest BCUT2D eigenvalue weighted by molar-refractivity contribution is 6.03. The Kier molecular flexibility index (Phi) is 4.16. The molecule has 0 bridgehead atoms. The fourth-order valence-corrected chi connectivity index (χ4v) is 3.37. The summed E-state index contributed by atoms with van der Waals surface area (Å²) in [5, 5.41) is 2.68. The van der Waals surface area contributed by atoms with Crippen molar-refractivity contribution in [2.75, 3.05) is 13.1 Å². The van der Waals surface area contributed by atoms with Gasteiger partial charge in [-0.3, -0.25) is 14.6 Å². The van der Waals surface area contributed by atoms with E-state index in [1.54, 1.807) is 6.92 Å². The van der Waals surface area contributed by atoms with Gasteiger partial charge in [0.15, 0.2) is 0 Å². The van der Waals surface area contributed by atoms with Gasteiger partial charge >= 0.3 is 6.03 Å². The SMILES string of the molecule is CC[C@H](CN1C(=O)N[C@@H](C)C1=O)N1CCc2ccccc2C1. The van der Waals surface area contributed by atoms with Crippen LogP contribution in [0.15, 0.2) is 24.3 Å². The molecule has 0 aromatic heterocycles. The molecule has 1 saturated heterocycles. The number of carbonyl (C=O) groups is 2. The summed E-state index contributed by atoms with van der Waals surface area (Å²) in [6.45, 7) is 6.21. The first-order valence-corrected chi connectivity index (χ1v) is 8.03. The second kappa shape index (κ2) is 6.08. The summed E-state index contributed by atoms with van der Waals surface area (Å²) in [7, 11) is 0. The lowest BCUT2D eigenvalue weighted by atomic mass is 9.98. The van der Waals surface area contributed by atoms with Gasteiger partial charge in [-0.15, -0.1) is 0 Å². The second-order valence-corrected chi connectivity index (χ2v) is 6.17. The molecule has 0 spiro atoms. The minimum atomic E-state index is -0.396. The third kappa shape index (κ3) is 2.73. The van der Waals surface area contributed by atoms with Crippen molar-refractivity contribution in [2.45, 2.75) is 45.3 Å². The van der Waals surface area contributed by atoms with Gasteiger partial charge in [0.25, 0.3) is 5.91 Å². The third-order valence-electron chi connectivity index (χ3n) is 4.76. The lowest BCUT2D eigenvalue weighted by Gasteiger charge is -2.36. The maximum absolute atomic E-state index is 12.1. The maximum atomic E-state index is 12.1. The minimum absolute atomic E-state index is 0.110. The summed E-state index contributed by atoms with van der Waals surface area (Å²) in [4.78, 5) is 27.7. The van der Waals surface area contributed by atoms with Crippen molar-refractivity contribution in [3.8, 4) is 0 Å². The molecule has 1 N–H and O–H groups in total. The molecular formula is C17H23N3O2. The topological polar surface area (TPSA) is 52.7 Å². The lowest BCUT2D eigenvalue weighted by Crippen LogP contribution is -2.47. The monoisotopic (exact) mass is 301 g/mol. The highest BCUT2D eigenvalue weighted by Gasteiger charge is 2.37. The molecule has 2 aliphatic heterocycles. The average Bonchev–Trinajstić information content (AvgIpc) is 2.77. The molecule has 118 valence electrons. The quantitative estimate of drug-likeness (QED) is 0.862. The number of nitrogens with one attached hydrogen (secondary N) is 1. The summed E-state index contributed by atoms with van der Waals surface area (Å²) in [5.41, 5.74) is 2.77. The largest absolute Gasteiger partial charge is 0.326 e. The Morgan fingerprint density at radius 2 is 2.00 bits per heavy atom. The number of nitrogens with zero attached hydrogens (tertiary/aromatic N) is 2. The van der Waals surface area contributed by atoms with Gasteiger partial charge in [0.2, 0.25) is 0 Å². The number of urea groups is 1. The van der Waals surface area contributed by atoms with Crippen LogP contribution in [-0.2, 0) is 17.8 Å². The molecule has 0 saturated carbocycles. The van der Waals surface area contributed by atoms with Crippen LogP contribution in [0.2, 0.25) is 0 Å². The van der Waals surface area contributed by atoms with Crippen LogP contribution < -0.4 is 5.32 Å². The van der Waals surface area contributed by atoms with Gasteiger partial charge in [-0.05, 0) is 30.9 Å². The number of imide groups is 1. The molecular weight excluding hydrogens is 278 g/mol. The normalized spacial score (nSPS) is 23.4. The predicted octanol–water partition coefficient (Wildman–Crippen LogP) is 1.76. The number of carbonyl (C=O) groups excluding carboxylic acids is 2. The maximum Gasteiger partial charge on any atom is 0.324 e. The van der Waals surface area contributed by atoms with Crippen molar-refractivity contribution in [2.24, 2.45) is 0 Å². The van der Waals surface area contributed by atoms with E-state index in [9.17, 15) is 9.59 Å². The number of fused-ring (bicyclic) bond motifs is 1. The average molecular weight is 301 g/mol. The van der Waals surface area contributed by atoms with E-state index >= 15 is 0 Å². The minimum Gasteiger partial charge on any atom is -0.326 e. The molecule has 3 amide bonds. The highest BCUT2D eigenvalue weighted by Crippen LogP contribution is 2.22. The number of amides is 3. The first kappa shape index (κ1) is 15.0. The van der Waals surface area contributed by atoms with Crippen molar-refractivity contribution >= 4 is 11.9 Å². The Morgan fingerprint density at radius 1 is 1.27 bits per heavy atom. The molecule has 5 heteroatoms. The molecule has 1 aromatic rings. The van der Waals surface area contributed by atoms with Gasteiger partial charge in [0.1, 0.15) is 6.04 Å². The van der Waals surface area contributed by atoms with Crippen molar-refractivity contribution in [3.05, 3.63) is 35.4 Å². The third-order valence-corrected chi connectivity index (χ3v) is 4.76. The summed E-state index contributed by atoms with van der Waals surface area (Å²) in [6, 6.07) is 8.08. The van der Waals surface area contributed by atoms with Crippen LogP contribution in [-0.4, -0.2) is 46.9 Å². The first-order valence-electron chi connectivity index (χ1n) is 8.03. The van der Waals surface area contributed by atoms with E-state index in [1.807, 2.05) is 0 Å². The molecule has 22 heavy (non-hydrogen) atoms. The molecule has 0 aliphatic carbocycles. The summed E-state index contributed by atoms with van der Waals surface area (Å²) < 4.78 is 0. The van der Waals surface area contributed by atoms with E-state index in [0.717, 1.165) is 25.9 Å². The van der Waals surface area contributed by atoms with Gasteiger partial charge in [0, 0.05) is 25.7 Å².